The first kappa shape index (κ1) is 13.8. The number of rotatable bonds is 5. The molecular weight excluding hydrogens is 241 g/mol. The Morgan fingerprint density at radius 3 is 2.89 bits per heavy atom. The molecule has 1 aromatic carbocycles. The summed E-state index contributed by atoms with van der Waals surface area (Å²) in [5.74, 6) is -1.35. The van der Waals surface area contributed by atoms with E-state index in [9.17, 15) is 19.3 Å². The third kappa shape index (κ3) is 3.65. The van der Waals surface area contributed by atoms with Gasteiger partial charge >= 0.3 is 11.7 Å². The van der Waals surface area contributed by atoms with Crippen molar-refractivity contribution < 1.29 is 18.8 Å². The molecule has 0 saturated carbocycles. The van der Waals surface area contributed by atoms with Crippen molar-refractivity contribution in [2.75, 3.05) is 6.61 Å². The fourth-order valence-corrected chi connectivity index (χ4v) is 1.31. The summed E-state index contributed by atoms with van der Waals surface area (Å²) in [5, 5.41) is 10.5. The van der Waals surface area contributed by atoms with Crippen LogP contribution in [-0.2, 0) is 9.53 Å². The van der Waals surface area contributed by atoms with Crippen LogP contribution in [0.5, 0.6) is 0 Å². The first-order valence-corrected chi connectivity index (χ1v) is 5.31. The van der Waals surface area contributed by atoms with Crippen LogP contribution in [-0.4, -0.2) is 17.5 Å². The molecule has 0 atom stereocenters. The summed E-state index contributed by atoms with van der Waals surface area (Å²) < 4.78 is 18.3. The van der Waals surface area contributed by atoms with E-state index in [1.807, 2.05) is 0 Å². The Bertz CT molecular complexity index is 485. The molecule has 0 aliphatic carbocycles. The van der Waals surface area contributed by atoms with Gasteiger partial charge in [0.15, 0.2) is 0 Å². The molecule has 1 aromatic rings. The summed E-state index contributed by atoms with van der Waals surface area (Å²) in [7, 11) is 0. The second-order valence-electron chi connectivity index (χ2n) is 3.35. The molecular formula is C12H12FNO4. The molecule has 6 heteroatoms. The highest BCUT2D eigenvalue weighted by Gasteiger charge is 2.15. The number of halogens is 1. The number of carbonyl (C=O) groups excluding carboxylic acids is 1. The number of hydrogen-bond acceptors (Lipinski definition) is 4. The van der Waals surface area contributed by atoms with Crippen molar-refractivity contribution in [3.05, 3.63) is 45.8 Å². The van der Waals surface area contributed by atoms with Crippen LogP contribution in [0.2, 0.25) is 0 Å². The quantitative estimate of drug-likeness (QED) is 0.459. The monoisotopic (exact) mass is 253 g/mol. The van der Waals surface area contributed by atoms with Crippen molar-refractivity contribution in [2.45, 2.75) is 13.3 Å². The van der Waals surface area contributed by atoms with Gasteiger partial charge in [0.2, 0.25) is 5.82 Å². The minimum atomic E-state index is -0.914. The molecule has 5 nitrogen and oxygen atoms in total. The number of carbonyl (C=O) groups is 1. The SMILES string of the molecule is CCOC(=O)CC=Cc1cccc([N+](=O)[O-])c1F. The lowest BCUT2D eigenvalue weighted by Crippen LogP contribution is -2.01. The van der Waals surface area contributed by atoms with E-state index in [2.05, 4.69) is 4.74 Å². The molecule has 0 aliphatic rings. The maximum Gasteiger partial charge on any atom is 0.309 e. The smallest absolute Gasteiger partial charge is 0.309 e. The number of ether oxygens (including phenoxy) is 1. The van der Waals surface area contributed by atoms with Gasteiger partial charge in [-0.1, -0.05) is 24.3 Å². The molecule has 96 valence electrons. The minimum Gasteiger partial charge on any atom is -0.466 e. The summed E-state index contributed by atoms with van der Waals surface area (Å²) >= 11 is 0. The molecule has 0 heterocycles. The van der Waals surface area contributed by atoms with E-state index in [1.54, 1.807) is 6.92 Å². The molecule has 18 heavy (non-hydrogen) atoms. The summed E-state index contributed by atoms with van der Waals surface area (Å²) in [6, 6.07) is 3.85. The molecule has 0 aliphatic heterocycles. The molecule has 0 fully saturated rings. The Hall–Kier alpha value is -2.24. The number of nitro groups is 1. The van der Waals surface area contributed by atoms with Crippen molar-refractivity contribution in [3.8, 4) is 0 Å². The average molecular weight is 253 g/mol. The van der Waals surface area contributed by atoms with E-state index in [4.69, 9.17) is 0 Å². The Labute approximate surface area is 103 Å². The van der Waals surface area contributed by atoms with Crippen LogP contribution in [0.15, 0.2) is 24.3 Å². The van der Waals surface area contributed by atoms with Gasteiger partial charge in [-0.2, -0.15) is 4.39 Å². The lowest BCUT2D eigenvalue weighted by molar-refractivity contribution is -0.387. The van der Waals surface area contributed by atoms with Gasteiger partial charge in [0.1, 0.15) is 0 Å². The molecule has 0 saturated heterocycles. The normalized spacial score (nSPS) is 10.6. The van der Waals surface area contributed by atoms with Crippen LogP contribution in [0.3, 0.4) is 0 Å². The number of nitrogens with zero attached hydrogens (tertiary/aromatic N) is 1. The van der Waals surface area contributed by atoms with Gasteiger partial charge < -0.3 is 4.74 Å². The predicted molar refractivity (Wildman–Crippen MR) is 63.3 cm³/mol. The van der Waals surface area contributed by atoms with Gasteiger partial charge in [-0.05, 0) is 6.92 Å². The first-order chi connectivity index (χ1) is 8.56. The lowest BCUT2D eigenvalue weighted by Gasteiger charge is -1.99. The molecule has 0 amide bonds. The van der Waals surface area contributed by atoms with E-state index in [0.29, 0.717) is 0 Å². The van der Waals surface area contributed by atoms with Gasteiger partial charge in [-0.3, -0.25) is 14.9 Å². The third-order valence-electron chi connectivity index (χ3n) is 2.09. The molecule has 0 unspecified atom stereocenters. The van der Waals surface area contributed by atoms with Crippen LogP contribution < -0.4 is 0 Å². The summed E-state index contributed by atoms with van der Waals surface area (Å²) in [5.41, 5.74) is -0.526. The van der Waals surface area contributed by atoms with E-state index in [-0.39, 0.29) is 18.6 Å². The summed E-state index contributed by atoms with van der Waals surface area (Å²) in [6.07, 6.45) is 2.72. The standard InChI is InChI=1S/C12H12FNO4/c1-2-18-11(15)8-4-6-9-5-3-7-10(12(9)13)14(16)17/h3-7H,2,8H2,1H3. The summed E-state index contributed by atoms with van der Waals surface area (Å²) in [4.78, 5) is 20.7. The minimum absolute atomic E-state index is 0.00400. The zero-order valence-electron chi connectivity index (χ0n) is 9.76. The van der Waals surface area contributed by atoms with E-state index >= 15 is 0 Å². The van der Waals surface area contributed by atoms with Crippen LogP contribution in [0.4, 0.5) is 10.1 Å². The number of nitro benzene ring substituents is 1. The van der Waals surface area contributed by atoms with Gasteiger partial charge in [0.05, 0.1) is 18.0 Å². The van der Waals surface area contributed by atoms with Gasteiger partial charge in [-0.15, -0.1) is 0 Å². The zero-order valence-corrected chi connectivity index (χ0v) is 9.76. The van der Waals surface area contributed by atoms with E-state index < -0.39 is 22.4 Å². The molecule has 0 aromatic heterocycles. The average Bonchev–Trinajstić information content (AvgIpc) is 2.31. The van der Waals surface area contributed by atoms with Gasteiger partial charge in [0, 0.05) is 11.6 Å². The van der Waals surface area contributed by atoms with Crippen molar-refractivity contribution in [1.29, 1.82) is 0 Å². The molecule has 0 bridgehead atoms. The number of benzene rings is 1. The van der Waals surface area contributed by atoms with Gasteiger partial charge in [0.25, 0.3) is 0 Å². The summed E-state index contributed by atoms with van der Waals surface area (Å²) in [6.45, 7) is 1.96. The van der Waals surface area contributed by atoms with Crippen molar-refractivity contribution in [3.63, 3.8) is 0 Å². The predicted octanol–water partition coefficient (Wildman–Crippen LogP) is 2.70. The maximum absolute atomic E-state index is 13.6. The van der Waals surface area contributed by atoms with Crippen molar-refractivity contribution >= 4 is 17.7 Å². The molecule has 0 spiro atoms. The second-order valence-corrected chi connectivity index (χ2v) is 3.35. The number of esters is 1. The maximum atomic E-state index is 13.6. The second kappa shape index (κ2) is 6.48. The Balaban J connectivity index is 2.79. The topological polar surface area (TPSA) is 69.4 Å². The molecule has 1 rings (SSSR count). The highest BCUT2D eigenvalue weighted by molar-refractivity contribution is 5.72. The zero-order chi connectivity index (χ0) is 13.5. The van der Waals surface area contributed by atoms with Crippen LogP contribution in [0, 0.1) is 15.9 Å². The molecule has 0 N–H and O–H groups in total. The highest BCUT2D eigenvalue weighted by Crippen LogP contribution is 2.21. The van der Waals surface area contributed by atoms with Gasteiger partial charge in [-0.25, -0.2) is 0 Å². The largest absolute Gasteiger partial charge is 0.466 e. The number of hydrogen-bond donors (Lipinski definition) is 0. The highest BCUT2D eigenvalue weighted by atomic mass is 19.1. The Morgan fingerprint density at radius 2 is 2.28 bits per heavy atom. The van der Waals surface area contributed by atoms with Crippen LogP contribution >= 0.6 is 0 Å². The first-order valence-electron chi connectivity index (χ1n) is 5.31. The van der Waals surface area contributed by atoms with Crippen LogP contribution in [0.1, 0.15) is 18.9 Å². The Kier molecular flexibility index (Phi) is 4.98. The van der Waals surface area contributed by atoms with E-state index in [1.165, 1.54) is 24.3 Å². The van der Waals surface area contributed by atoms with Crippen molar-refractivity contribution in [1.82, 2.24) is 0 Å². The fourth-order valence-electron chi connectivity index (χ4n) is 1.31. The third-order valence-corrected chi connectivity index (χ3v) is 2.09. The molecule has 0 radical (unpaired) electrons. The van der Waals surface area contributed by atoms with E-state index in [0.717, 1.165) is 6.07 Å². The van der Waals surface area contributed by atoms with Crippen molar-refractivity contribution in [2.24, 2.45) is 0 Å². The fraction of sp³-hybridized carbons (Fsp3) is 0.250. The van der Waals surface area contributed by atoms with Crippen LogP contribution in [0.25, 0.3) is 6.08 Å². The lowest BCUT2D eigenvalue weighted by atomic mass is 10.1. The Morgan fingerprint density at radius 1 is 1.56 bits per heavy atom.